The Balaban J connectivity index is 1.40. The second-order valence-electron chi connectivity index (χ2n) is 8.60. The summed E-state index contributed by atoms with van der Waals surface area (Å²) in [6.45, 7) is 6.06. The lowest BCUT2D eigenvalue weighted by molar-refractivity contribution is -0.121. The van der Waals surface area contributed by atoms with Gasteiger partial charge in [-0.3, -0.25) is 9.69 Å². The van der Waals surface area contributed by atoms with Crippen LogP contribution in [0.15, 0.2) is 42.6 Å². The normalized spacial score (nSPS) is 23.2. The molecule has 0 radical (unpaired) electrons. The maximum Gasteiger partial charge on any atom is 0.228 e. The number of anilines is 1. The van der Waals surface area contributed by atoms with Crippen molar-refractivity contribution in [3.63, 3.8) is 0 Å². The molecule has 0 unspecified atom stereocenters. The van der Waals surface area contributed by atoms with Gasteiger partial charge in [-0.15, -0.1) is 0 Å². The largest absolute Gasteiger partial charge is 0.310 e. The number of likely N-dealkylation sites (tertiary alicyclic amines) is 1. The summed E-state index contributed by atoms with van der Waals surface area (Å²) in [4.78, 5) is 22.2. The van der Waals surface area contributed by atoms with Gasteiger partial charge >= 0.3 is 0 Å². The number of nitrogens with zero attached hydrogens (tertiary/aromatic N) is 3. The summed E-state index contributed by atoms with van der Waals surface area (Å²) in [5.41, 5.74) is 4.03. The van der Waals surface area contributed by atoms with E-state index in [4.69, 9.17) is 0 Å². The van der Waals surface area contributed by atoms with Gasteiger partial charge in [0, 0.05) is 43.4 Å². The van der Waals surface area contributed by atoms with Gasteiger partial charge in [0.1, 0.15) is 5.82 Å². The number of carbonyl (C=O) groups is 1. The van der Waals surface area contributed by atoms with Crippen LogP contribution in [0.4, 0.5) is 5.82 Å². The number of benzene rings is 1. The first-order chi connectivity index (χ1) is 14.1. The van der Waals surface area contributed by atoms with E-state index in [1.807, 2.05) is 6.07 Å². The number of aromatic nitrogens is 1. The molecule has 1 aromatic carbocycles. The van der Waals surface area contributed by atoms with Crippen molar-refractivity contribution >= 4 is 11.7 Å². The Morgan fingerprint density at radius 1 is 1.10 bits per heavy atom. The zero-order chi connectivity index (χ0) is 20.2. The van der Waals surface area contributed by atoms with Crippen LogP contribution in [0, 0.1) is 5.92 Å². The molecule has 5 nitrogen and oxygen atoms in total. The molecule has 1 amide bonds. The highest BCUT2D eigenvalue weighted by Gasteiger charge is 2.28. The van der Waals surface area contributed by atoms with E-state index in [-0.39, 0.29) is 11.8 Å². The third kappa shape index (κ3) is 4.85. The SMILES string of the molecule is C[C@H]1C[C@@H](C(=O)Nc2ncccc2CN2CCc3ccccc3CC2)CCN1C. The monoisotopic (exact) mass is 392 g/mol. The van der Waals surface area contributed by atoms with Gasteiger partial charge in [-0.25, -0.2) is 4.98 Å². The van der Waals surface area contributed by atoms with E-state index in [1.165, 1.54) is 11.1 Å². The molecule has 2 aromatic rings. The van der Waals surface area contributed by atoms with Gasteiger partial charge in [-0.1, -0.05) is 30.3 Å². The van der Waals surface area contributed by atoms with Gasteiger partial charge < -0.3 is 10.2 Å². The Labute approximate surface area is 174 Å². The van der Waals surface area contributed by atoms with Crippen LogP contribution in [0.2, 0.25) is 0 Å². The number of nitrogens with one attached hydrogen (secondary N) is 1. The van der Waals surface area contributed by atoms with Gasteiger partial charge in [-0.05, 0) is 63.4 Å². The van der Waals surface area contributed by atoms with Crippen molar-refractivity contribution in [2.45, 2.75) is 45.2 Å². The second-order valence-corrected chi connectivity index (χ2v) is 8.60. The molecule has 154 valence electrons. The minimum atomic E-state index is 0.0729. The summed E-state index contributed by atoms with van der Waals surface area (Å²) in [6.07, 6.45) is 5.75. The van der Waals surface area contributed by atoms with Crippen molar-refractivity contribution in [1.82, 2.24) is 14.8 Å². The van der Waals surface area contributed by atoms with E-state index in [1.54, 1.807) is 6.20 Å². The smallest absolute Gasteiger partial charge is 0.228 e. The van der Waals surface area contributed by atoms with Crippen molar-refractivity contribution in [3.8, 4) is 0 Å². The lowest BCUT2D eigenvalue weighted by Crippen LogP contribution is -2.41. The lowest BCUT2D eigenvalue weighted by Gasteiger charge is -2.34. The van der Waals surface area contributed by atoms with Crippen molar-refractivity contribution in [3.05, 3.63) is 59.3 Å². The summed E-state index contributed by atoms with van der Waals surface area (Å²) in [5.74, 6) is 0.919. The fourth-order valence-electron chi connectivity index (χ4n) is 4.54. The zero-order valence-electron chi connectivity index (χ0n) is 17.6. The molecular weight excluding hydrogens is 360 g/mol. The van der Waals surface area contributed by atoms with E-state index >= 15 is 0 Å². The molecule has 29 heavy (non-hydrogen) atoms. The summed E-state index contributed by atoms with van der Waals surface area (Å²) in [7, 11) is 2.13. The number of amides is 1. The van der Waals surface area contributed by atoms with E-state index in [2.05, 4.69) is 64.4 Å². The average molecular weight is 393 g/mol. The third-order valence-corrected chi connectivity index (χ3v) is 6.62. The van der Waals surface area contributed by atoms with Crippen molar-refractivity contribution < 1.29 is 4.79 Å². The molecule has 2 aliphatic rings. The van der Waals surface area contributed by atoms with Crippen molar-refractivity contribution in [2.24, 2.45) is 5.92 Å². The van der Waals surface area contributed by atoms with Gasteiger partial charge in [0.05, 0.1) is 0 Å². The van der Waals surface area contributed by atoms with E-state index in [0.717, 1.165) is 63.2 Å². The minimum Gasteiger partial charge on any atom is -0.310 e. The Bertz CT molecular complexity index is 825. The molecule has 0 aliphatic carbocycles. The first kappa shape index (κ1) is 20.0. The highest BCUT2D eigenvalue weighted by Crippen LogP contribution is 2.24. The van der Waals surface area contributed by atoms with Gasteiger partial charge in [0.15, 0.2) is 0 Å². The standard InChI is InChI=1S/C24H32N4O/c1-18-16-21(9-13-27(18)2)24(29)26-23-22(8-5-12-25-23)17-28-14-10-19-6-3-4-7-20(19)11-15-28/h3-8,12,18,21H,9-11,13-17H2,1-2H3,(H,25,26,29)/t18-,21-/m0/s1. The number of fused-ring (bicyclic) bond motifs is 1. The number of piperidine rings is 1. The highest BCUT2D eigenvalue weighted by molar-refractivity contribution is 5.92. The number of rotatable bonds is 4. The minimum absolute atomic E-state index is 0.0729. The molecule has 1 N–H and O–H groups in total. The van der Waals surface area contributed by atoms with Crippen LogP contribution in [0.5, 0.6) is 0 Å². The number of pyridine rings is 1. The maximum absolute atomic E-state index is 12.9. The molecular formula is C24H32N4O. The Kier molecular flexibility index (Phi) is 6.26. The molecule has 1 fully saturated rings. The molecule has 0 bridgehead atoms. The average Bonchev–Trinajstić information content (AvgIpc) is 2.94. The predicted molar refractivity (Wildman–Crippen MR) is 117 cm³/mol. The summed E-state index contributed by atoms with van der Waals surface area (Å²) < 4.78 is 0. The predicted octanol–water partition coefficient (Wildman–Crippen LogP) is 3.35. The van der Waals surface area contributed by atoms with Crippen LogP contribution < -0.4 is 5.32 Å². The molecule has 0 saturated carbocycles. The Morgan fingerprint density at radius 3 is 2.52 bits per heavy atom. The van der Waals surface area contributed by atoms with Gasteiger partial charge in [-0.2, -0.15) is 0 Å². The summed E-state index contributed by atoms with van der Waals surface area (Å²) >= 11 is 0. The molecule has 1 saturated heterocycles. The lowest BCUT2D eigenvalue weighted by atomic mass is 9.91. The second kappa shape index (κ2) is 9.06. The molecule has 2 atom stereocenters. The topological polar surface area (TPSA) is 48.5 Å². The van der Waals surface area contributed by atoms with E-state index in [0.29, 0.717) is 6.04 Å². The molecule has 0 spiro atoms. The first-order valence-electron chi connectivity index (χ1n) is 10.8. The fourth-order valence-corrected chi connectivity index (χ4v) is 4.54. The van der Waals surface area contributed by atoms with Crippen LogP contribution in [0.25, 0.3) is 0 Å². The first-order valence-corrected chi connectivity index (χ1v) is 10.8. The number of hydrogen-bond acceptors (Lipinski definition) is 4. The van der Waals surface area contributed by atoms with Gasteiger partial charge in [0.2, 0.25) is 5.91 Å². The van der Waals surface area contributed by atoms with Crippen molar-refractivity contribution in [2.75, 3.05) is 32.0 Å². The van der Waals surface area contributed by atoms with Crippen molar-refractivity contribution in [1.29, 1.82) is 0 Å². The fraction of sp³-hybridized carbons (Fsp3) is 0.500. The molecule has 5 heteroatoms. The van der Waals surface area contributed by atoms with E-state index < -0.39 is 0 Å². The van der Waals surface area contributed by atoms with E-state index in [9.17, 15) is 4.79 Å². The summed E-state index contributed by atoms with van der Waals surface area (Å²) in [6, 6.07) is 13.3. The molecule has 4 rings (SSSR count). The Morgan fingerprint density at radius 2 is 1.83 bits per heavy atom. The molecule has 3 heterocycles. The number of hydrogen-bond donors (Lipinski definition) is 1. The highest BCUT2D eigenvalue weighted by atomic mass is 16.2. The van der Waals surface area contributed by atoms with Crippen LogP contribution in [-0.4, -0.2) is 53.4 Å². The number of carbonyl (C=O) groups excluding carboxylic acids is 1. The van der Waals surface area contributed by atoms with Crippen LogP contribution >= 0.6 is 0 Å². The Hall–Kier alpha value is -2.24. The van der Waals surface area contributed by atoms with Crippen LogP contribution in [0.1, 0.15) is 36.5 Å². The summed E-state index contributed by atoms with van der Waals surface area (Å²) in [5, 5.41) is 3.14. The van der Waals surface area contributed by atoms with Gasteiger partial charge in [0.25, 0.3) is 0 Å². The van der Waals surface area contributed by atoms with Crippen LogP contribution in [0.3, 0.4) is 0 Å². The van der Waals surface area contributed by atoms with Crippen LogP contribution in [-0.2, 0) is 24.2 Å². The quantitative estimate of drug-likeness (QED) is 0.867. The molecule has 1 aromatic heterocycles. The maximum atomic E-state index is 12.9. The zero-order valence-corrected chi connectivity index (χ0v) is 17.6. The molecule has 2 aliphatic heterocycles. The third-order valence-electron chi connectivity index (χ3n) is 6.62.